The SMILES string of the molecule is CNC(=O)CN1CCC(CN(C)Cc2ccc(CO)cc2)CC1. The van der Waals surface area contributed by atoms with Crippen molar-refractivity contribution in [3.63, 3.8) is 0 Å². The van der Waals surface area contributed by atoms with Crippen LogP contribution in [0.2, 0.25) is 0 Å². The number of hydrogen-bond acceptors (Lipinski definition) is 4. The van der Waals surface area contributed by atoms with Crippen LogP contribution in [0.1, 0.15) is 24.0 Å². The smallest absolute Gasteiger partial charge is 0.233 e. The molecule has 1 aliphatic rings. The van der Waals surface area contributed by atoms with Crippen LogP contribution in [-0.2, 0) is 17.9 Å². The Morgan fingerprint density at radius 1 is 1.26 bits per heavy atom. The maximum atomic E-state index is 11.4. The molecule has 1 heterocycles. The lowest BCUT2D eigenvalue weighted by Crippen LogP contribution is -2.42. The van der Waals surface area contributed by atoms with Crippen LogP contribution in [0.3, 0.4) is 0 Å². The fourth-order valence-corrected chi connectivity index (χ4v) is 3.18. The number of carbonyl (C=O) groups excluding carboxylic acids is 1. The quantitative estimate of drug-likeness (QED) is 0.789. The van der Waals surface area contributed by atoms with Gasteiger partial charge in [-0.05, 0) is 50.0 Å². The summed E-state index contributed by atoms with van der Waals surface area (Å²) >= 11 is 0. The highest BCUT2D eigenvalue weighted by atomic mass is 16.3. The molecule has 2 rings (SSSR count). The lowest BCUT2D eigenvalue weighted by molar-refractivity contribution is -0.122. The first kappa shape index (κ1) is 17.9. The van der Waals surface area contributed by atoms with Gasteiger partial charge in [-0.15, -0.1) is 0 Å². The van der Waals surface area contributed by atoms with Crippen molar-refractivity contribution in [2.75, 3.05) is 40.3 Å². The summed E-state index contributed by atoms with van der Waals surface area (Å²) < 4.78 is 0. The van der Waals surface area contributed by atoms with E-state index in [1.807, 2.05) is 12.1 Å². The summed E-state index contributed by atoms with van der Waals surface area (Å²) in [6.07, 6.45) is 2.32. The summed E-state index contributed by atoms with van der Waals surface area (Å²) in [5.74, 6) is 0.810. The number of nitrogens with zero attached hydrogens (tertiary/aromatic N) is 2. The predicted molar refractivity (Wildman–Crippen MR) is 91.9 cm³/mol. The van der Waals surface area contributed by atoms with Crippen LogP contribution >= 0.6 is 0 Å². The molecule has 0 aliphatic carbocycles. The van der Waals surface area contributed by atoms with Crippen LogP contribution in [0, 0.1) is 5.92 Å². The third-order valence-electron chi connectivity index (χ3n) is 4.58. The lowest BCUT2D eigenvalue weighted by atomic mass is 9.96. The van der Waals surface area contributed by atoms with Gasteiger partial charge in [0.25, 0.3) is 0 Å². The summed E-state index contributed by atoms with van der Waals surface area (Å²) in [5, 5.41) is 11.8. The summed E-state index contributed by atoms with van der Waals surface area (Å²) in [4.78, 5) is 16.0. The number of hydrogen-bond donors (Lipinski definition) is 2. The molecule has 23 heavy (non-hydrogen) atoms. The molecule has 1 aliphatic heterocycles. The third kappa shape index (κ3) is 5.94. The predicted octanol–water partition coefficient (Wildman–Crippen LogP) is 1.07. The van der Waals surface area contributed by atoms with Gasteiger partial charge in [-0.1, -0.05) is 24.3 Å². The number of amides is 1. The first-order chi connectivity index (χ1) is 11.1. The number of aliphatic hydroxyl groups is 1. The molecule has 1 amide bonds. The van der Waals surface area contributed by atoms with E-state index in [4.69, 9.17) is 5.11 Å². The van der Waals surface area contributed by atoms with E-state index < -0.39 is 0 Å². The fraction of sp³-hybridized carbons (Fsp3) is 0.611. The molecule has 1 aromatic carbocycles. The van der Waals surface area contributed by atoms with Gasteiger partial charge < -0.3 is 15.3 Å². The van der Waals surface area contributed by atoms with Gasteiger partial charge in [-0.2, -0.15) is 0 Å². The molecular weight excluding hydrogens is 290 g/mol. The Kier molecular flexibility index (Phi) is 7.02. The minimum absolute atomic E-state index is 0.102. The van der Waals surface area contributed by atoms with Gasteiger partial charge in [0.1, 0.15) is 0 Å². The molecule has 0 saturated carbocycles. The normalized spacial score (nSPS) is 16.7. The van der Waals surface area contributed by atoms with E-state index in [0.29, 0.717) is 12.5 Å². The Morgan fingerprint density at radius 2 is 1.87 bits per heavy atom. The van der Waals surface area contributed by atoms with Crippen molar-refractivity contribution in [2.45, 2.75) is 26.0 Å². The highest BCUT2D eigenvalue weighted by Crippen LogP contribution is 2.18. The number of piperidine rings is 1. The molecule has 5 heteroatoms. The van der Waals surface area contributed by atoms with Crippen LogP contribution in [0.5, 0.6) is 0 Å². The monoisotopic (exact) mass is 319 g/mol. The topological polar surface area (TPSA) is 55.8 Å². The average Bonchev–Trinajstić information content (AvgIpc) is 2.57. The van der Waals surface area contributed by atoms with Gasteiger partial charge in [0.15, 0.2) is 0 Å². The van der Waals surface area contributed by atoms with Crippen molar-refractivity contribution in [1.82, 2.24) is 15.1 Å². The average molecular weight is 319 g/mol. The number of rotatable bonds is 7. The Bertz CT molecular complexity index is 482. The zero-order valence-corrected chi connectivity index (χ0v) is 14.3. The van der Waals surface area contributed by atoms with Gasteiger partial charge in [0, 0.05) is 20.1 Å². The highest BCUT2D eigenvalue weighted by Gasteiger charge is 2.21. The van der Waals surface area contributed by atoms with Crippen molar-refractivity contribution in [3.8, 4) is 0 Å². The van der Waals surface area contributed by atoms with Crippen molar-refractivity contribution in [2.24, 2.45) is 5.92 Å². The molecule has 0 bridgehead atoms. The summed E-state index contributed by atoms with van der Waals surface area (Å²) in [5.41, 5.74) is 2.24. The van der Waals surface area contributed by atoms with Crippen LogP contribution < -0.4 is 5.32 Å². The molecule has 2 N–H and O–H groups in total. The first-order valence-corrected chi connectivity index (χ1v) is 8.41. The molecule has 128 valence electrons. The fourth-order valence-electron chi connectivity index (χ4n) is 3.18. The molecule has 1 saturated heterocycles. The van der Waals surface area contributed by atoms with Crippen LogP contribution in [-0.4, -0.2) is 61.1 Å². The Labute approximate surface area is 139 Å². The maximum Gasteiger partial charge on any atom is 0.233 e. The van der Waals surface area contributed by atoms with Crippen molar-refractivity contribution in [1.29, 1.82) is 0 Å². The summed E-state index contributed by atoms with van der Waals surface area (Å²) in [6, 6.07) is 8.16. The van der Waals surface area contributed by atoms with E-state index >= 15 is 0 Å². The molecule has 0 unspecified atom stereocenters. The number of nitrogens with one attached hydrogen (secondary N) is 1. The van der Waals surface area contributed by atoms with E-state index in [1.54, 1.807) is 7.05 Å². The number of carbonyl (C=O) groups is 1. The summed E-state index contributed by atoms with van der Waals surface area (Å²) in [6.45, 7) is 4.68. The zero-order valence-electron chi connectivity index (χ0n) is 14.3. The molecule has 0 spiro atoms. The van der Waals surface area contributed by atoms with E-state index in [1.165, 1.54) is 5.56 Å². The van der Waals surface area contributed by atoms with E-state index in [0.717, 1.165) is 44.6 Å². The largest absolute Gasteiger partial charge is 0.392 e. The highest BCUT2D eigenvalue weighted by molar-refractivity contribution is 5.77. The van der Waals surface area contributed by atoms with Gasteiger partial charge in [0.05, 0.1) is 13.2 Å². The minimum atomic E-state index is 0.102. The van der Waals surface area contributed by atoms with Gasteiger partial charge in [0.2, 0.25) is 5.91 Å². The van der Waals surface area contributed by atoms with Gasteiger partial charge in [-0.25, -0.2) is 0 Å². The molecule has 1 fully saturated rings. The first-order valence-electron chi connectivity index (χ1n) is 8.41. The lowest BCUT2D eigenvalue weighted by Gasteiger charge is -2.33. The van der Waals surface area contributed by atoms with Crippen molar-refractivity contribution in [3.05, 3.63) is 35.4 Å². The Morgan fingerprint density at radius 3 is 2.43 bits per heavy atom. The molecule has 0 radical (unpaired) electrons. The number of benzene rings is 1. The standard InChI is InChI=1S/C18H29N3O2/c1-19-18(23)13-21-9-7-16(8-10-21)12-20(2)11-15-3-5-17(14-22)6-4-15/h3-6,16,22H,7-14H2,1-2H3,(H,19,23). The molecule has 0 aromatic heterocycles. The third-order valence-corrected chi connectivity index (χ3v) is 4.58. The summed E-state index contributed by atoms with van der Waals surface area (Å²) in [7, 11) is 3.86. The van der Waals surface area contributed by atoms with E-state index in [-0.39, 0.29) is 12.5 Å². The van der Waals surface area contributed by atoms with Crippen LogP contribution in [0.4, 0.5) is 0 Å². The van der Waals surface area contributed by atoms with Crippen molar-refractivity contribution >= 4 is 5.91 Å². The number of aliphatic hydroxyl groups excluding tert-OH is 1. The van der Waals surface area contributed by atoms with E-state index in [9.17, 15) is 4.79 Å². The second-order valence-corrected chi connectivity index (χ2v) is 6.56. The molecule has 0 atom stereocenters. The van der Waals surface area contributed by atoms with Crippen molar-refractivity contribution < 1.29 is 9.90 Å². The Balaban J connectivity index is 1.71. The molecular formula is C18H29N3O2. The second kappa shape index (κ2) is 9.01. The van der Waals surface area contributed by atoms with Gasteiger partial charge in [-0.3, -0.25) is 9.69 Å². The minimum Gasteiger partial charge on any atom is -0.392 e. The Hall–Kier alpha value is -1.43. The maximum absolute atomic E-state index is 11.4. The second-order valence-electron chi connectivity index (χ2n) is 6.56. The van der Waals surface area contributed by atoms with E-state index in [2.05, 4.69) is 34.3 Å². The van der Waals surface area contributed by atoms with Crippen LogP contribution in [0.15, 0.2) is 24.3 Å². The zero-order chi connectivity index (χ0) is 16.7. The number of likely N-dealkylation sites (N-methyl/N-ethyl adjacent to an activating group) is 1. The molecule has 5 nitrogen and oxygen atoms in total. The number of likely N-dealkylation sites (tertiary alicyclic amines) is 1. The van der Waals surface area contributed by atoms with Gasteiger partial charge >= 0.3 is 0 Å². The molecule has 1 aromatic rings. The van der Waals surface area contributed by atoms with Crippen LogP contribution in [0.25, 0.3) is 0 Å².